The Morgan fingerprint density at radius 1 is 1.40 bits per heavy atom. The fourth-order valence-electron chi connectivity index (χ4n) is 0.857. The van der Waals surface area contributed by atoms with Crippen LogP contribution in [0, 0.1) is 0 Å². The number of Topliss-reactive ketones (excluding diaryl/α,β-unsaturated/α-hetero) is 1. The van der Waals surface area contributed by atoms with Gasteiger partial charge < -0.3 is 9.84 Å². The number of hydrogen-bond acceptors (Lipinski definition) is 5. The van der Waals surface area contributed by atoms with Crippen molar-refractivity contribution in [1.29, 1.82) is 0 Å². The zero-order chi connectivity index (χ0) is 11.8. The molecule has 0 aliphatic rings. The molecule has 1 N–H and O–H groups in total. The summed E-state index contributed by atoms with van der Waals surface area (Å²) in [6.07, 6.45) is 1.18. The summed E-state index contributed by atoms with van der Waals surface area (Å²) in [6, 6.07) is 0. The minimum atomic E-state index is -0.466. The van der Waals surface area contributed by atoms with Crippen LogP contribution < -0.4 is 0 Å². The maximum atomic E-state index is 11.0. The zero-order valence-corrected chi connectivity index (χ0v) is 9.11. The maximum absolute atomic E-state index is 11.0. The van der Waals surface area contributed by atoms with Gasteiger partial charge >= 0.3 is 5.97 Å². The Morgan fingerprint density at radius 3 is 2.40 bits per heavy atom. The lowest BCUT2D eigenvalue weighted by atomic mass is 10.2. The van der Waals surface area contributed by atoms with E-state index in [2.05, 4.69) is 9.73 Å². The summed E-state index contributed by atoms with van der Waals surface area (Å²) in [5, 5.41) is 9.10. The van der Waals surface area contributed by atoms with Crippen molar-refractivity contribution in [3.63, 3.8) is 0 Å². The molecule has 0 amide bonds. The SMILES string of the molecule is CCOC(=O)CN=CC(C(C)=O)=C(C)O. The van der Waals surface area contributed by atoms with Gasteiger partial charge in [0, 0.05) is 6.21 Å². The van der Waals surface area contributed by atoms with Crippen LogP contribution in [-0.4, -0.2) is 36.2 Å². The number of rotatable bonds is 5. The molecule has 0 bridgehead atoms. The molecule has 0 radical (unpaired) electrons. The monoisotopic (exact) mass is 213 g/mol. The molecule has 84 valence electrons. The Kier molecular flexibility index (Phi) is 6.01. The van der Waals surface area contributed by atoms with Crippen molar-refractivity contribution in [3.8, 4) is 0 Å². The molecule has 15 heavy (non-hydrogen) atoms. The quantitative estimate of drug-likeness (QED) is 0.320. The van der Waals surface area contributed by atoms with Crippen LogP contribution in [-0.2, 0) is 14.3 Å². The van der Waals surface area contributed by atoms with Gasteiger partial charge in [-0.1, -0.05) is 0 Å². The first-order chi connectivity index (χ1) is 6.99. The van der Waals surface area contributed by atoms with E-state index in [9.17, 15) is 9.59 Å². The zero-order valence-electron chi connectivity index (χ0n) is 9.11. The lowest BCUT2D eigenvalue weighted by Gasteiger charge is -1.98. The molecule has 5 heteroatoms. The number of ether oxygens (including phenoxy) is 1. The van der Waals surface area contributed by atoms with E-state index in [0.29, 0.717) is 6.61 Å². The van der Waals surface area contributed by atoms with Gasteiger partial charge in [0.2, 0.25) is 0 Å². The van der Waals surface area contributed by atoms with Crippen molar-refractivity contribution in [3.05, 3.63) is 11.3 Å². The van der Waals surface area contributed by atoms with Crippen LogP contribution in [0.5, 0.6) is 0 Å². The summed E-state index contributed by atoms with van der Waals surface area (Å²) in [6.45, 7) is 4.53. The minimum Gasteiger partial charge on any atom is -0.512 e. The van der Waals surface area contributed by atoms with Gasteiger partial charge in [-0.2, -0.15) is 0 Å². The number of ketones is 1. The Balaban J connectivity index is 4.33. The Bertz CT molecular complexity index is 301. The van der Waals surface area contributed by atoms with Crippen LogP contribution in [0.15, 0.2) is 16.3 Å². The average molecular weight is 213 g/mol. The number of esters is 1. The first kappa shape index (κ1) is 13.4. The van der Waals surface area contributed by atoms with E-state index in [4.69, 9.17) is 5.11 Å². The van der Waals surface area contributed by atoms with Crippen molar-refractivity contribution in [2.75, 3.05) is 13.2 Å². The van der Waals surface area contributed by atoms with E-state index in [1.807, 2.05) is 0 Å². The predicted octanol–water partition coefficient (Wildman–Crippen LogP) is 1.04. The van der Waals surface area contributed by atoms with Crippen LogP contribution in [0.25, 0.3) is 0 Å². The van der Waals surface area contributed by atoms with Crippen LogP contribution in [0.1, 0.15) is 20.8 Å². The fourth-order valence-corrected chi connectivity index (χ4v) is 0.857. The summed E-state index contributed by atoms with van der Waals surface area (Å²) in [4.78, 5) is 25.5. The Hall–Kier alpha value is -1.65. The molecule has 0 aliphatic heterocycles. The van der Waals surface area contributed by atoms with Crippen molar-refractivity contribution in [2.24, 2.45) is 4.99 Å². The molecule has 0 aromatic heterocycles. The van der Waals surface area contributed by atoms with Gasteiger partial charge in [-0.25, -0.2) is 0 Å². The molecule has 0 aliphatic carbocycles. The molecule has 0 atom stereocenters. The van der Waals surface area contributed by atoms with E-state index < -0.39 is 5.97 Å². The van der Waals surface area contributed by atoms with Crippen molar-refractivity contribution in [1.82, 2.24) is 0 Å². The smallest absolute Gasteiger partial charge is 0.327 e. The van der Waals surface area contributed by atoms with E-state index in [1.165, 1.54) is 20.1 Å². The lowest BCUT2D eigenvalue weighted by Crippen LogP contribution is -2.09. The van der Waals surface area contributed by atoms with E-state index >= 15 is 0 Å². The summed E-state index contributed by atoms with van der Waals surface area (Å²) >= 11 is 0. The van der Waals surface area contributed by atoms with Crippen LogP contribution >= 0.6 is 0 Å². The van der Waals surface area contributed by atoms with E-state index in [1.54, 1.807) is 6.92 Å². The number of carbonyl (C=O) groups excluding carboxylic acids is 2. The Labute approximate surface area is 88.5 Å². The molecular weight excluding hydrogens is 198 g/mol. The lowest BCUT2D eigenvalue weighted by molar-refractivity contribution is -0.141. The van der Waals surface area contributed by atoms with E-state index in [-0.39, 0.29) is 23.7 Å². The number of aliphatic hydroxyl groups is 1. The molecule has 0 unspecified atom stereocenters. The summed E-state index contributed by atoms with van der Waals surface area (Å²) in [5.41, 5.74) is 0.0966. The number of allylic oxidation sites excluding steroid dienone is 2. The molecule has 0 spiro atoms. The van der Waals surface area contributed by atoms with Gasteiger partial charge in [0.1, 0.15) is 12.3 Å². The average Bonchev–Trinajstić information content (AvgIpc) is 2.11. The highest BCUT2D eigenvalue weighted by molar-refractivity contribution is 6.12. The van der Waals surface area contributed by atoms with Crippen molar-refractivity contribution in [2.45, 2.75) is 20.8 Å². The van der Waals surface area contributed by atoms with Crippen molar-refractivity contribution >= 4 is 18.0 Å². The third-order valence-electron chi connectivity index (χ3n) is 1.52. The van der Waals surface area contributed by atoms with Gasteiger partial charge in [-0.05, 0) is 20.8 Å². The van der Waals surface area contributed by atoms with Gasteiger partial charge in [0.25, 0.3) is 0 Å². The first-order valence-electron chi connectivity index (χ1n) is 4.55. The van der Waals surface area contributed by atoms with Gasteiger partial charge in [-0.3, -0.25) is 14.6 Å². The molecule has 0 saturated heterocycles. The summed E-state index contributed by atoms with van der Waals surface area (Å²) in [7, 11) is 0. The van der Waals surface area contributed by atoms with Crippen molar-refractivity contribution < 1.29 is 19.4 Å². The molecule has 0 saturated carbocycles. The minimum absolute atomic E-state index is 0.0966. The molecule has 0 fully saturated rings. The molecule has 5 nitrogen and oxygen atoms in total. The molecule has 0 rings (SSSR count). The highest BCUT2D eigenvalue weighted by Crippen LogP contribution is 1.99. The molecule has 0 heterocycles. The topological polar surface area (TPSA) is 76.0 Å². The molecule has 0 aromatic rings. The third kappa shape index (κ3) is 5.61. The Morgan fingerprint density at radius 2 is 2.00 bits per heavy atom. The second kappa shape index (κ2) is 6.75. The fraction of sp³-hybridized carbons (Fsp3) is 0.500. The molecule has 0 aromatic carbocycles. The highest BCUT2D eigenvalue weighted by atomic mass is 16.5. The van der Waals surface area contributed by atoms with Gasteiger partial charge in [-0.15, -0.1) is 0 Å². The van der Waals surface area contributed by atoms with E-state index in [0.717, 1.165) is 0 Å². The highest BCUT2D eigenvalue weighted by Gasteiger charge is 2.05. The maximum Gasteiger partial charge on any atom is 0.327 e. The second-order valence-corrected chi connectivity index (χ2v) is 2.83. The third-order valence-corrected chi connectivity index (χ3v) is 1.52. The summed E-state index contributed by atoms with van der Waals surface area (Å²) < 4.78 is 4.63. The number of aliphatic hydroxyl groups excluding tert-OH is 1. The summed E-state index contributed by atoms with van der Waals surface area (Å²) in [5.74, 6) is -0.884. The standard InChI is InChI=1S/C10H15NO4/c1-4-15-10(14)6-11-5-9(7(2)12)8(3)13/h5,12H,4,6H2,1-3H3. The number of nitrogens with zero attached hydrogens (tertiary/aromatic N) is 1. The van der Waals surface area contributed by atoms with Gasteiger partial charge in [0.15, 0.2) is 5.78 Å². The predicted molar refractivity (Wildman–Crippen MR) is 56.0 cm³/mol. The van der Waals surface area contributed by atoms with Crippen LogP contribution in [0.2, 0.25) is 0 Å². The molecular formula is C10H15NO4. The van der Waals surface area contributed by atoms with Crippen LogP contribution in [0.3, 0.4) is 0 Å². The number of hydrogen-bond donors (Lipinski definition) is 1. The van der Waals surface area contributed by atoms with Crippen LogP contribution in [0.4, 0.5) is 0 Å². The largest absolute Gasteiger partial charge is 0.512 e. The van der Waals surface area contributed by atoms with Gasteiger partial charge in [0.05, 0.1) is 12.2 Å². The normalized spacial score (nSPS) is 12.5. The number of carbonyl (C=O) groups is 2. The first-order valence-corrected chi connectivity index (χ1v) is 4.55. The number of aliphatic imine (C=N–C) groups is 1. The second-order valence-electron chi connectivity index (χ2n) is 2.83.